The summed E-state index contributed by atoms with van der Waals surface area (Å²) in [5, 5.41) is 13.5. The first kappa shape index (κ1) is 20.2. The number of sulfone groups is 1. The van der Waals surface area contributed by atoms with Crippen molar-refractivity contribution in [3.8, 4) is 0 Å². The number of carbonyl (C=O) groups is 1. The molecule has 0 aliphatic carbocycles. The molecule has 0 aliphatic rings. The fourth-order valence-electron chi connectivity index (χ4n) is 2.78. The van der Waals surface area contributed by atoms with Crippen LogP contribution in [0.15, 0.2) is 82.6 Å². The predicted octanol–water partition coefficient (Wildman–Crippen LogP) is 4.24. The zero-order valence-electron chi connectivity index (χ0n) is 15.5. The summed E-state index contributed by atoms with van der Waals surface area (Å²) in [5.41, 5.74) is 1.44. The molecule has 7 nitrogen and oxygen atoms in total. The predicted molar refractivity (Wildman–Crippen MR) is 109 cm³/mol. The quantitative estimate of drug-likeness (QED) is 0.483. The van der Waals surface area contributed by atoms with E-state index in [0.717, 1.165) is 36.2 Å². The van der Waals surface area contributed by atoms with Gasteiger partial charge in [0.1, 0.15) is 0 Å². The van der Waals surface area contributed by atoms with Crippen molar-refractivity contribution in [2.45, 2.75) is 23.1 Å². The minimum atomic E-state index is -4.04. The smallest absolute Gasteiger partial charge is 0.269 e. The van der Waals surface area contributed by atoms with Gasteiger partial charge in [0.2, 0.25) is 9.84 Å². The van der Waals surface area contributed by atoms with Crippen LogP contribution in [-0.4, -0.2) is 19.2 Å². The number of carbonyl (C=O) groups excluding carboxylic acids is 1. The van der Waals surface area contributed by atoms with Crippen molar-refractivity contribution in [3.63, 3.8) is 0 Å². The number of hydrogen-bond donors (Lipinski definition) is 1. The number of benzene rings is 3. The van der Waals surface area contributed by atoms with Crippen LogP contribution in [0.25, 0.3) is 0 Å². The highest BCUT2D eigenvalue weighted by Gasteiger charge is 2.25. The molecule has 0 saturated carbocycles. The molecule has 3 aromatic carbocycles. The van der Waals surface area contributed by atoms with Crippen LogP contribution in [0.5, 0.6) is 0 Å². The molecule has 1 N–H and O–H groups in total. The molecule has 0 radical (unpaired) electrons. The number of non-ortho nitro benzene ring substituents is 1. The Morgan fingerprint density at radius 2 is 1.59 bits per heavy atom. The molecule has 0 unspecified atom stereocenters. The summed E-state index contributed by atoms with van der Waals surface area (Å²) < 4.78 is 26.1. The van der Waals surface area contributed by atoms with Crippen molar-refractivity contribution in [1.29, 1.82) is 0 Å². The lowest BCUT2D eigenvalue weighted by atomic mass is 10.1. The van der Waals surface area contributed by atoms with Gasteiger partial charge in [0, 0.05) is 17.8 Å². The van der Waals surface area contributed by atoms with Gasteiger partial charge in [-0.2, -0.15) is 0 Å². The van der Waals surface area contributed by atoms with Crippen LogP contribution in [0.2, 0.25) is 0 Å². The van der Waals surface area contributed by atoms with Gasteiger partial charge in [-0.15, -0.1) is 0 Å². The number of nitro groups is 1. The third-order valence-corrected chi connectivity index (χ3v) is 6.23. The summed E-state index contributed by atoms with van der Waals surface area (Å²) in [5.74, 6) is -0.560. The van der Waals surface area contributed by atoms with E-state index in [9.17, 15) is 23.3 Å². The summed E-state index contributed by atoms with van der Waals surface area (Å²) in [6.07, 6.45) is 0.866. The molecule has 0 aliphatic heterocycles. The first-order chi connectivity index (χ1) is 13.8. The molecule has 8 heteroatoms. The Labute approximate surface area is 168 Å². The lowest BCUT2D eigenvalue weighted by Gasteiger charge is -2.11. The van der Waals surface area contributed by atoms with Gasteiger partial charge >= 0.3 is 0 Å². The zero-order chi connectivity index (χ0) is 21.0. The number of nitrogens with one attached hydrogen (secondary N) is 1. The van der Waals surface area contributed by atoms with Crippen molar-refractivity contribution in [2.24, 2.45) is 0 Å². The molecule has 0 fully saturated rings. The highest BCUT2D eigenvalue weighted by molar-refractivity contribution is 7.91. The van der Waals surface area contributed by atoms with Crippen LogP contribution in [0.3, 0.4) is 0 Å². The van der Waals surface area contributed by atoms with Crippen LogP contribution in [0, 0.1) is 10.1 Å². The largest absolute Gasteiger partial charge is 0.322 e. The lowest BCUT2D eigenvalue weighted by molar-refractivity contribution is -0.384. The number of amides is 1. The maximum Gasteiger partial charge on any atom is 0.269 e. The number of rotatable bonds is 6. The van der Waals surface area contributed by atoms with Crippen molar-refractivity contribution in [2.75, 3.05) is 5.32 Å². The van der Waals surface area contributed by atoms with E-state index in [-0.39, 0.29) is 21.0 Å². The second kappa shape index (κ2) is 8.24. The fourth-order valence-corrected chi connectivity index (χ4v) is 4.24. The average Bonchev–Trinajstić information content (AvgIpc) is 2.74. The Kier molecular flexibility index (Phi) is 5.74. The maximum absolute atomic E-state index is 13.0. The van der Waals surface area contributed by atoms with E-state index in [0.29, 0.717) is 5.69 Å². The number of nitro benzene ring substituents is 1. The van der Waals surface area contributed by atoms with Crippen molar-refractivity contribution >= 4 is 27.1 Å². The van der Waals surface area contributed by atoms with Gasteiger partial charge in [0.15, 0.2) is 0 Å². The topological polar surface area (TPSA) is 106 Å². The second-order valence-corrected chi connectivity index (χ2v) is 8.17. The van der Waals surface area contributed by atoms with Crippen LogP contribution in [0.4, 0.5) is 11.4 Å². The Hall–Kier alpha value is -3.52. The van der Waals surface area contributed by atoms with Crippen molar-refractivity contribution in [1.82, 2.24) is 0 Å². The van der Waals surface area contributed by atoms with E-state index >= 15 is 0 Å². The van der Waals surface area contributed by atoms with Gasteiger partial charge in [-0.05, 0) is 48.4 Å². The van der Waals surface area contributed by atoms with Gasteiger partial charge in [-0.3, -0.25) is 14.9 Å². The van der Waals surface area contributed by atoms with E-state index in [2.05, 4.69) is 5.32 Å². The van der Waals surface area contributed by atoms with Crippen molar-refractivity contribution < 1.29 is 18.1 Å². The van der Waals surface area contributed by atoms with Crippen LogP contribution in [-0.2, 0) is 16.3 Å². The molecule has 3 rings (SSSR count). The third-order valence-electron chi connectivity index (χ3n) is 4.40. The van der Waals surface area contributed by atoms with Crippen LogP contribution in [0.1, 0.15) is 22.8 Å². The van der Waals surface area contributed by atoms with E-state index in [1.807, 2.05) is 19.1 Å². The van der Waals surface area contributed by atoms with Gasteiger partial charge in [-0.25, -0.2) is 8.42 Å². The van der Waals surface area contributed by atoms with E-state index < -0.39 is 20.7 Å². The fraction of sp³-hybridized carbons (Fsp3) is 0.0952. The second-order valence-electron chi connectivity index (χ2n) is 6.26. The number of nitrogens with zero attached hydrogens (tertiary/aromatic N) is 1. The average molecular weight is 410 g/mol. The summed E-state index contributed by atoms with van der Waals surface area (Å²) in [6, 6.07) is 17.7. The van der Waals surface area contributed by atoms with Crippen molar-refractivity contribution in [3.05, 3.63) is 94.0 Å². The Balaban J connectivity index is 1.94. The van der Waals surface area contributed by atoms with Gasteiger partial charge in [-0.1, -0.05) is 31.2 Å². The van der Waals surface area contributed by atoms with Gasteiger partial charge < -0.3 is 5.32 Å². The number of anilines is 1. The Morgan fingerprint density at radius 1 is 0.966 bits per heavy atom. The van der Waals surface area contributed by atoms with Crippen LogP contribution >= 0.6 is 0 Å². The minimum Gasteiger partial charge on any atom is -0.322 e. The molecule has 29 heavy (non-hydrogen) atoms. The van der Waals surface area contributed by atoms with Crippen LogP contribution < -0.4 is 5.32 Å². The summed E-state index contributed by atoms with van der Waals surface area (Å²) in [4.78, 5) is 22.6. The summed E-state index contributed by atoms with van der Waals surface area (Å²) in [7, 11) is -4.04. The maximum atomic E-state index is 13.0. The van der Waals surface area contributed by atoms with Gasteiger partial charge in [0.25, 0.3) is 11.6 Å². The number of hydrogen-bond acceptors (Lipinski definition) is 5. The third kappa shape index (κ3) is 4.33. The molecule has 0 aromatic heterocycles. The molecular weight excluding hydrogens is 392 g/mol. The number of aryl methyl sites for hydroxylation is 1. The lowest BCUT2D eigenvalue weighted by Crippen LogP contribution is -2.16. The zero-order valence-corrected chi connectivity index (χ0v) is 16.3. The Bertz CT molecular complexity index is 1150. The first-order valence-electron chi connectivity index (χ1n) is 8.82. The molecular formula is C21H18N2O5S. The molecule has 0 saturated heterocycles. The normalized spacial score (nSPS) is 11.1. The SMILES string of the molecule is CCc1ccc(NC(=O)c2ccccc2S(=O)(=O)c2ccc([N+](=O)[O-])cc2)cc1. The molecule has 0 bridgehead atoms. The highest BCUT2D eigenvalue weighted by atomic mass is 32.2. The minimum absolute atomic E-state index is 0.00887. The first-order valence-corrected chi connectivity index (χ1v) is 10.3. The Morgan fingerprint density at radius 3 is 2.17 bits per heavy atom. The summed E-state index contributed by atoms with van der Waals surface area (Å²) >= 11 is 0. The van der Waals surface area contributed by atoms with E-state index in [1.54, 1.807) is 18.2 Å². The molecule has 0 atom stereocenters. The van der Waals surface area contributed by atoms with E-state index in [4.69, 9.17) is 0 Å². The molecule has 3 aromatic rings. The molecule has 1 amide bonds. The molecule has 0 heterocycles. The monoisotopic (exact) mass is 410 g/mol. The van der Waals surface area contributed by atoms with E-state index in [1.165, 1.54) is 18.2 Å². The summed E-state index contributed by atoms with van der Waals surface area (Å²) in [6.45, 7) is 2.02. The molecule has 0 spiro atoms. The van der Waals surface area contributed by atoms with Gasteiger partial charge in [0.05, 0.1) is 20.3 Å². The molecule has 148 valence electrons. The standard InChI is InChI=1S/C21H18N2O5S/c1-2-15-7-9-16(10-8-15)22-21(24)19-5-3-4-6-20(19)29(27,28)18-13-11-17(12-14-18)23(25)26/h3-14H,2H2,1H3,(H,22,24). The highest BCUT2D eigenvalue weighted by Crippen LogP contribution is 2.26.